The molecule has 0 radical (unpaired) electrons. The van der Waals surface area contributed by atoms with Crippen LogP contribution in [-0.4, -0.2) is 11.0 Å². The van der Waals surface area contributed by atoms with Crippen molar-refractivity contribution in [2.75, 3.05) is 5.32 Å². The van der Waals surface area contributed by atoms with Gasteiger partial charge in [0.15, 0.2) is 5.11 Å². The molecule has 1 atom stereocenters. The normalized spacial score (nSPS) is 11.8. The summed E-state index contributed by atoms with van der Waals surface area (Å²) in [5.41, 5.74) is 2.20. The highest BCUT2D eigenvalue weighted by Crippen LogP contribution is 2.26. The Balaban J connectivity index is 2.64. The van der Waals surface area contributed by atoms with E-state index in [-0.39, 0.29) is 5.91 Å². The number of nitrogens with one attached hydrogen (secondary N) is 2. The first-order valence-electron chi connectivity index (χ1n) is 7.28. The molecule has 0 bridgehead atoms. The third-order valence-corrected chi connectivity index (χ3v) is 3.57. The van der Waals surface area contributed by atoms with Crippen molar-refractivity contribution in [3.63, 3.8) is 0 Å². The van der Waals surface area contributed by atoms with Crippen LogP contribution in [0.4, 0.5) is 5.69 Å². The average molecular weight is 292 g/mol. The molecule has 4 heteroatoms. The maximum atomic E-state index is 11.6. The minimum Gasteiger partial charge on any atom is -0.332 e. The molecular weight excluding hydrogens is 268 g/mol. The summed E-state index contributed by atoms with van der Waals surface area (Å²) >= 11 is 5.20. The zero-order valence-electron chi connectivity index (χ0n) is 12.5. The van der Waals surface area contributed by atoms with Crippen LogP contribution in [0, 0.1) is 0 Å². The molecule has 0 aliphatic heterocycles. The Labute approximate surface area is 127 Å². The van der Waals surface area contributed by atoms with Crippen LogP contribution in [-0.2, 0) is 4.79 Å². The predicted molar refractivity (Wildman–Crippen MR) is 89.0 cm³/mol. The van der Waals surface area contributed by atoms with Gasteiger partial charge in [-0.15, -0.1) is 0 Å². The molecule has 1 aromatic carbocycles. The predicted octanol–water partition coefficient (Wildman–Crippen LogP) is 4.20. The van der Waals surface area contributed by atoms with Crippen LogP contribution in [0.1, 0.15) is 57.9 Å². The molecule has 1 amide bonds. The lowest BCUT2D eigenvalue weighted by molar-refractivity contribution is -0.119. The second-order valence-electron chi connectivity index (χ2n) is 5.00. The molecule has 1 rings (SSSR count). The maximum absolute atomic E-state index is 11.6. The molecule has 110 valence electrons. The Morgan fingerprint density at radius 1 is 1.30 bits per heavy atom. The number of benzene rings is 1. The van der Waals surface area contributed by atoms with Crippen molar-refractivity contribution in [2.45, 2.75) is 52.4 Å². The maximum Gasteiger partial charge on any atom is 0.226 e. The van der Waals surface area contributed by atoms with Crippen LogP contribution in [0.2, 0.25) is 0 Å². The van der Waals surface area contributed by atoms with Crippen molar-refractivity contribution in [3.05, 3.63) is 29.8 Å². The van der Waals surface area contributed by atoms with Gasteiger partial charge in [-0.25, -0.2) is 0 Å². The lowest BCUT2D eigenvalue weighted by Gasteiger charge is -2.17. The van der Waals surface area contributed by atoms with Crippen LogP contribution in [0.15, 0.2) is 24.3 Å². The van der Waals surface area contributed by atoms with E-state index < -0.39 is 0 Å². The van der Waals surface area contributed by atoms with Gasteiger partial charge in [0.2, 0.25) is 5.91 Å². The van der Waals surface area contributed by atoms with Crippen LogP contribution in [0.3, 0.4) is 0 Å². The largest absolute Gasteiger partial charge is 0.332 e. The number of para-hydroxylation sites is 1. The second-order valence-corrected chi connectivity index (χ2v) is 5.41. The second kappa shape index (κ2) is 8.69. The van der Waals surface area contributed by atoms with Gasteiger partial charge in [-0.2, -0.15) is 0 Å². The van der Waals surface area contributed by atoms with Crippen LogP contribution >= 0.6 is 12.2 Å². The van der Waals surface area contributed by atoms with E-state index in [1.807, 2.05) is 18.2 Å². The number of amides is 1. The standard InChI is InChI=1S/C16H24N2OS/c1-4-6-11-15(19)18-16(20)17-14-10-8-7-9-13(14)12(3)5-2/h7-10,12H,4-6,11H2,1-3H3,(H2,17,18,19,20)/t12-/m0/s1. The fraction of sp³-hybridized carbons (Fsp3) is 0.500. The van der Waals surface area contributed by atoms with E-state index in [2.05, 4.69) is 37.5 Å². The smallest absolute Gasteiger partial charge is 0.226 e. The van der Waals surface area contributed by atoms with E-state index >= 15 is 0 Å². The molecule has 0 unspecified atom stereocenters. The molecule has 0 aliphatic carbocycles. The Bertz CT molecular complexity index is 460. The van der Waals surface area contributed by atoms with E-state index in [1.54, 1.807) is 0 Å². The molecule has 0 fully saturated rings. The van der Waals surface area contributed by atoms with Gasteiger partial charge in [0.25, 0.3) is 0 Å². The van der Waals surface area contributed by atoms with Gasteiger partial charge in [-0.3, -0.25) is 4.79 Å². The minimum absolute atomic E-state index is 0.0228. The molecular formula is C16H24N2OS. The number of rotatable bonds is 6. The van der Waals surface area contributed by atoms with Gasteiger partial charge in [0, 0.05) is 12.1 Å². The van der Waals surface area contributed by atoms with E-state index in [4.69, 9.17) is 12.2 Å². The molecule has 0 heterocycles. The zero-order valence-corrected chi connectivity index (χ0v) is 13.3. The molecule has 0 spiro atoms. The number of unbranched alkanes of at least 4 members (excludes halogenated alkanes) is 1. The van der Waals surface area contributed by atoms with E-state index in [1.165, 1.54) is 5.56 Å². The first kappa shape index (κ1) is 16.6. The lowest BCUT2D eigenvalue weighted by atomic mass is 9.97. The molecule has 1 aromatic rings. The van der Waals surface area contributed by atoms with Crippen molar-refractivity contribution in [3.8, 4) is 0 Å². The van der Waals surface area contributed by atoms with Gasteiger partial charge in [-0.1, -0.05) is 45.4 Å². The molecule has 0 saturated carbocycles. The number of hydrogen-bond donors (Lipinski definition) is 2. The summed E-state index contributed by atoms with van der Waals surface area (Å²) in [5, 5.41) is 6.24. The van der Waals surface area contributed by atoms with Crippen molar-refractivity contribution in [2.24, 2.45) is 0 Å². The van der Waals surface area contributed by atoms with E-state index in [9.17, 15) is 4.79 Å². The molecule has 0 aliphatic rings. The molecule has 0 saturated heterocycles. The fourth-order valence-corrected chi connectivity index (χ4v) is 2.16. The first-order valence-corrected chi connectivity index (χ1v) is 7.69. The van der Waals surface area contributed by atoms with Crippen molar-refractivity contribution in [1.29, 1.82) is 0 Å². The van der Waals surface area contributed by atoms with Crippen LogP contribution in [0.5, 0.6) is 0 Å². The molecule has 0 aromatic heterocycles. The van der Waals surface area contributed by atoms with Crippen LogP contribution in [0.25, 0.3) is 0 Å². The summed E-state index contributed by atoms with van der Waals surface area (Å²) in [7, 11) is 0. The Kier molecular flexibility index (Phi) is 7.23. The van der Waals surface area contributed by atoms with Crippen LogP contribution < -0.4 is 10.6 Å². The van der Waals surface area contributed by atoms with Crippen molar-refractivity contribution in [1.82, 2.24) is 5.32 Å². The molecule has 2 N–H and O–H groups in total. The van der Waals surface area contributed by atoms with E-state index in [0.29, 0.717) is 17.5 Å². The highest BCUT2D eigenvalue weighted by molar-refractivity contribution is 7.80. The topological polar surface area (TPSA) is 41.1 Å². The van der Waals surface area contributed by atoms with Gasteiger partial charge >= 0.3 is 0 Å². The Morgan fingerprint density at radius 3 is 2.65 bits per heavy atom. The number of carbonyl (C=O) groups excluding carboxylic acids is 1. The van der Waals surface area contributed by atoms with Gasteiger partial charge in [-0.05, 0) is 42.6 Å². The lowest BCUT2D eigenvalue weighted by Crippen LogP contribution is -2.34. The summed E-state index contributed by atoms with van der Waals surface area (Å²) in [4.78, 5) is 11.6. The summed E-state index contributed by atoms with van der Waals surface area (Å²) in [6.07, 6.45) is 3.47. The zero-order chi connectivity index (χ0) is 15.0. The Morgan fingerprint density at radius 2 is 2.00 bits per heavy atom. The monoisotopic (exact) mass is 292 g/mol. The van der Waals surface area contributed by atoms with Crippen molar-refractivity contribution >= 4 is 28.9 Å². The summed E-state index contributed by atoms with van der Waals surface area (Å²) < 4.78 is 0. The molecule has 3 nitrogen and oxygen atoms in total. The summed E-state index contributed by atoms with van der Waals surface area (Å²) in [5.74, 6) is 0.433. The summed E-state index contributed by atoms with van der Waals surface area (Å²) in [6.45, 7) is 6.40. The minimum atomic E-state index is -0.0228. The number of thiocarbonyl (C=S) groups is 1. The molecule has 20 heavy (non-hydrogen) atoms. The number of anilines is 1. The number of hydrogen-bond acceptors (Lipinski definition) is 2. The summed E-state index contributed by atoms with van der Waals surface area (Å²) in [6, 6.07) is 8.08. The van der Waals surface area contributed by atoms with Gasteiger partial charge in [0.05, 0.1) is 0 Å². The highest BCUT2D eigenvalue weighted by Gasteiger charge is 2.10. The van der Waals surface area contributed by atoms with E-state index in [0.717, 1.165) is 24.9 Å². The quantitative estimate of drug-likeness (QED) is 0.772. The van der Waals surface area contributed by atoms with Gasteiger partial charge in [0.1, 0.15) is 0 Å². The third kappa shape index (κ3) is 5.29. The van der Waals surface area contributed by atoms with Gasteiger partial charge < -0.3 is 10.6 Å². The fourth-order valence-electron chi connectivity index (χ4n) is 1.94. The SMILES string of the molecule is CCCCC(=O)NC(=S)Nc1ccccc1[C@@H](C)CC. The Hall–Kier alpha value is -1.42. The number of carbonyl (C=O) groups is 1. The third-order valence-electron chi connectivity index (χ3n) is 3.36. The highest BCUT2D eigenvalue weighted by atomic mass is 32.1. The van der Waals surface area contributed by atoms with Crippen molar-refractivity contribution < 1.29 is 4.79 Å². The first-order chi connectivity index (χ1) is 9.58. The average Bonchev–Trinajstić information content (AvgIpc) is 2.44.